The monoisotopic (exact) mass is 421 g/mol. The number of hydrogen-bond donors (Lipinski definition) is 2. The van der Waals surface area contributed by atoms with E-state index in [9.17, 15) is 14.4 Å². The van der Waals surface area contributed by atoms with Crippen molar-refractivity contribution in [3.05, 3.63) is 59.2 Å². The van der Waals surface area contributed by atoms with Gasteiger partial charge in [-0.1, -0.05) is 38.5 Å². The summed E-state index contributed by atoms with van der Waals surface area (Å²) in [7, 11) is 0. The van der Waals surface area contributed by atoms with Crippen molar-refractivity contribution in [1.82, 2.24) is 4.90 Å². The predicted molar refractivity (Wildman–Crippen MR) is 123 cm³/mol. The van der Waals surface area contributed by atoms with Crippen molar-refractivity contribution in [3.63, 3.8) is 0 Å². The number of likely N-dealkylation sites (tertiary alicyclic amines) is 1. The van der Waals surface area contributed by atoms with Crippen molar-refractivity contribution in [2.45, 2.75) is 46.5 Å². The standard InChI is InChI=1S/C25H31N3O3/c1-4-6-14-28-16-20(15-22(28)29)25(31)26-21-12-10-19(11-13-21)24(30)27-23-17(3)8-7-9-18(23)5-2/h7-13,20H,4-6,14-16H2,1-3H3,(H,26,31)(H,27,30). The molecule has 2 N–H and O–H groups in total. The van der Waals surface area contributed by atoms with Crippen LogP contribution in [0.25, 0.3) is 0 Å². The van der Waals surface area contributed by atoms with Gasteiger partial charge in [0.2, 0.25) is 11.8 Å². The van der Waals surface area contributed by atoms with Crippen LogP contribution in [0.3, 0.4) is 0 Å². The van der Waals surface area contributed by atoms with Crippen LogP contribution in [0.2, 0.25) is 0 Å². The van der Waals surface area contributed by atoms with Crippen molar-refractivity contribution < 1.29 is 14.4 Å². The maximum Gasteiger partial charge on any atom is 0.255 e. The van der Waals surface area contributed by atoms with Crippen molar-refractivity contribution in [2.75, 3.05) is 23.7 Å². The van der Waals surface area contributed by atoms with Crippen LogP contribution in [0.5, 0.6) is 0 Å². The molecule has 31 heavy (non-hydrogen) atoms. The van der Waals surface area contributed by atoms with Crippen molar-refractivity contribution >= 4 is 29.1 Å². The Labute approximate surface area is 184 Å². The van der Waals surface area contributed by atoms with E-state index in [0.717, 1.165) is 36.1 Å². The summed E-state index contributed by atoms with van der Waals surface area (Å²) in [5.74, 6) is -0.629. The van der Waals surface area contributed by atoms with Crippen molar-refractivity contribution in [2.24, 2.45) is 5.92 Å². The molecular weight excluding hydrogens is 390 g/mol. The zero-order valence-corrected chi connectivity index (χ0v) is 18.5. The van der Waals surface area contributed by atoms with Crippen LogP contribution >= 0.6 is 0 Å². The largest absolute Gasteiger partial charge is 0.342 e. The molecule has 0 spiro atoms. The maximum atomic E-state index is 12.7. The first kappa shape index (κ1) is 22.5. The molecule has 1 atom stereocenters. The first-order valence-corrected chi connectivity index (χ1v) is 11.0. The summed E-state index contributed by atoms with van der Waals surface area (Å²) in [6.07, 6.45) is 3.06. The number of unbranched alkanes of at least 4 members (excludes halogenated alkanes) is 1. The normalized spacial score (nSPS) is 15.8. The molecule has 1 heterocycles. The highest BCUT2D eigenvalue weighted by Gasteiger charge is 2.33. The number of rotatable bonds is 8. The van der Waals surface area contributed by atoms with Crippen LogP contribution in [0.1, 0.15) is 54.6 Å². The first-order chi connectivity index (χ1) is 14.9. The van der Waals surface area contributed by atoms with E-state index < -0.39 is 0 Å². The molecule has 0 radical (unpaired) electrons. The van der Waals surface area contributed by atoms with E-state index in [1.165, 1.54) is 0 Å². The molecular formula is C25H31N3O3. The number of carbonyl (C=O) groups is 3. The molecule has 3 rings (SSSR count). The number of para-hydroxylation sites is 1. The van der Waals surface area contributed by atoms with E-state index in [-0.39, 0.29) is 30.1 Å². The zero-order valence-electron chi connectivity index (χ0n) is 18.5. The highest BCUT2D eigenvalue weighted by molar-refractivity contribution is 6.05. The molecule has 0 aliphatic carbocycles. The molecule has 0 saturated carbocycles. The fourth-order valence-electron chi connectivity index (χ4n) is 3.85. The highest BCUT2D eigenvalue weighted by atomic mass is 16.2. The molecule has 1 fully saturated rings. The van der Waals surface area contributed by atoms with Crippen LogP contribution in [0.15, 0.2) is 42.5 Å². The number of hydrogen-bond acceptors (Lipinski definition) is 3. The van der Waals surface area contributed by atoms with Gasteiger partial charge in [-0.3, -0.25) is 14.4 Å². The predicted octanol–water partition coefficient (Wildman–Crippen LogP) is 4.40. The van der Waals surface area contributed by atoms with Crippen LogP contribution < -0.4 is 10.6 Å². The van der Waals surface area contributed by atoms with Gasteiger partial charge in [-0.15, -0.1) is 0 Å². The number of anilines is 2. The average Bonchev–Trinajstić information content (AvgIpc) is 3.14. The van der Waals surface area contributed by atoms with Gasteiger partial charge in [0.15, 0.2) is 0 Å². The molecule has 6 nitrogen and oxygen atoms in total. The summed E-state index contributed by atoms with van der Waals surface area (Å²) in [6, 6.07) is 12.8. The highest BCUT2D eigenvalue weighted by Crippen LogP contribution is 2.23. The van der Waals surface area contributed by atoms with Gasteiger partial charge in [0.25, 0.3) is 5.91 Å². The second-order valence-electron chi connectivity index (χ2n) is 8.08. The molecule has 0 aromatic heterocycles. The summed E-state index contributed by atoms with van der Waals surface area (Å²) in [5.41, 5.74) is 4.11. The number of benzene rings is 2. The lowest BCUT2D eigenvalue weighted by atomic mass is 10.1. The summed E-state index contributed by atoms with van der Waals surface area (Å²) < 4.78 is 0. The molecule has 2 aromatic rings. The van der Waals surface area contributed by atoms with Gasteiger partial charge in [-0.25, -0.2) is 0 Å². The summed E-state index contributed by atoms with van der Waals surface area (Å²) in [4.78, 5) is 39.1. The topological polar surface area (TPSA) is 78.5 Å². The Hall–Kier alpha value is -3.15. The SMILES string of the molecule is CCCCN1CC(C(=O)Nc2ccc(C(=O)Nc3c(C)cccc3CC)cc2)CC1=O. The lowest BCUT2D eigenvalue weighted by Gasteiger charge is -2.16. The third-order valence-corrected chi connectivity index (χ3v) is 5.76. The Bertz CT molecular complexity index is 953. The first-order valence-electron chi connectivity index (χ1n) is 11.0. The number of amides is 3. The van der Waals surface area contributed by atoms with Gasteiger partial charge >= 0.3 is 0 Å². The smallest absolute Gasteiger partial charge is 0.255 e. The number of aryl methyl sites for hydroxylation is 2. The van der Waals surface area contributed by atoms with Gasteiger partial charge in [0.05, 0.1) is 5.92 Å². The number of carbonyl (C=O) groups excluding carboxylic acids is 3. The molecule has 1 aliphatic heterocycles. The zero-order chi connectivity index (χ0) is 22.4. The van der Waals surface area contributed by atoms with Crippen LogP contribution in [-0.4, -0.2) is 35.7 Å². The van der Waals surface area contributed by atoms with Gasteiger partial charge in [-0.2, -0.15) is 0 Å². The van der Waals surface area contributed by atoms with Gasteiger partial charge < -0.3 is 15.5 Å². The van der Waals surface area contributed by atoms with E-state index in [1.54, 1.807) is 29.2 Å². The molecule has 3 amide bonds. The summed E-state index contributed by atoms with van der Waals surface area (Å²) >= 11 is 0. The van der Waals surface area contributed by atoms with Crippen molar-refractivity contribution in [1.29, 1.82) is 0 Å². The van der Waals surface area contributed by atoms with Crippen molar-refractivity contribution in [3.8, 4) is 0 Å². The Morgan fingerprint density at radius 2 is 1.81 bits per heavy atom. The third kappa shape index (κ3) is 5.51. The van der Waals surface area contributed by atoms with Crippen LogP contribution in [-0.2, 0) is 16.0 Å². The molecule has 1 unspecified atom stereocenters. The second-order valence-corrected chi connectivity index (χ2v) is 8.08. The van der Waals surface area contributed by atoms with Crippen LogP contribution in [0.4, 0.5) is 11.4 Å². The van der Waals surface area contributed by atoms with Crippen LogP contribution in [0, 0.1) is 12.8 Å². The Balaban J connectivity index is 1.60. The van der Waals surface area contributed by atoms with Gasteiger partial charge in [0, 0.05) is 36.4 Å². The fraction of sp³-hybridized carbons (Fsp3) is 0.400. The Morgan fingerprint density at radius 1 is 1.06 bits per heavy atom. The quantitative estimate of drug-likeness (QED) is 0.663. The second kappa shape index (κ2) is 10.2. The fourth-order valence-corrected chi connectivity index (χ4v) is 3.85. The van der Waals surface area contributed by atoms with E-state index >= 15 is 0 Å². The minimum Gasteiger partial charge on any atom is -0.342 e. The molecule has 1 saturated heterocycles. The lowest BCUT2D eigenvalue weighted by molar-refractivity contribution is -0.128. The van der Waals surface area contributed by atoms with E-state index in [0.29, 0.717) is 24.3 Å². The van der Waals surface area contributed by atoms with Gasteiger partial charge in [0.1, 0.15) is 0 Å². The Kier molecular flexibility index (Phi) is 7.45. The molecule has 164 valence electrons. The maximum absolute atomic E-state index is 12.7. The molecule has 0 bridgehead atoms. The van der Waals surface area contributed by atoms with Gasteiger partial charge in [-0.05, 0) is 55.2 Å². The number of nitrogens with one attached hydrogen (secondary N) is 2. The van der Waals surface area contributed by atoms with E-state index in [1.807, 2.05) is 25.1 Å². The summed E-state index contributed by atoms with van der Waals surface area (Å²) in [5, 5.41) is 5.88. The van der Waals surface area contributed by atoms with E-state index in [2.05, 4.69) is 24.5 Å². The molecule has 2 aromatic carbocycles. The average molecular weight is 422 g/mol. The Morgan fingerprint density at radius 3 is 2.48 bits per heavy atom. The minimum atomic E-state index is -0.333. The summed E-state index contributed by atoms with van der Waals surface area (Å²) in [6.45, 7) is 7.30. The number of nitrogens with zero attached hydrogens (tertiary/aromatic N) is 1. The van der Waals surface area contributed by atoms with E-state index in [4.69, 9.17) is 0 Å². The molecule has 1 aliphatic rings. The lowest BCUT2D eigenvalue weighted by Crippen LogP contribution is -2.29. The third-order valence-electron chi connectivity index (χ3n) is 5.76. The molecule has 6 heteroatoms. The minimum absolute atomic E-state index is 0.0447.